The van der Waals surface area contributed by atoms with Crippen LogP contribution in [0.4, 0.5) is 0 Å². The summed E-state index contributed by atoms with van der Waals surface area (Å²) in [7, 11) is 0. The van der Waals surface area contributed by atoms with E-state index in [-0.39, 0.29) is 23.2 Å². The summed E-state index contributed by atoms with van der Waals surface area (Å²) in [5, 5.41) is 3.03. The predicted molar refractivity (Wildman–Crippen MR) is 95.6 cm³/mol. The molecular weight excluding hydrogens is 338 g/mol. The van der Waals surface area contributed by atoms with E-state index in [1.54, 1.807) is 21.6 Å². The summed E-state index contributed by atoms with van der Waals surface area (Å²) in [4.78, 5) is 28.5. The number of nitrogens with one attached hydrogen (secondary N) is 2. The molecule has 3 heterocycles. The van der Waals surface area contributed by atoms with Crippen LogP contribution in [0.2, 0.25) is 0 Å². The van der Waals surface area contributed by atoms with Crippen molar-refractivity contribution in [3.05, 3.63) is 35.4 Å². The van der Waals surface area contributed by atoms with Gasteiger partial charge in [0.05, 0.1) is 19.8 Å². The lowest BCUT2D eigenvalue weighted by Gasteiger charge is -2.24. The Balaban J connectivity index is 1.29. The molecule has 25 heavy (non-hydrogen) atoms. The number of fused-ring (bicyclic) bond motifs is 3. The summed E-state index contributed by atoms with van der Waals surface area (Å²) < 4.78 is 5.36. The van der Waals surface area contributed by atoms with Crippen molar-refractivity contribution in [3.63, 3.8) is 0 Å². The zero-order chi connectivity index (χ0) is 17.2. The van der Waals surface area contributed by atoms with Crippen molar-refractivity contribution in [3.8, 4) is 0 Å². The fraction of sp³-hybridized carbons (Fsp3) is 0.556. The fourth-order valence-corrected chi connectivity index (χ4v) is 5.28. The Bertz CT molecular complexity index is 663. The number of ether oxygens (including phenoxy) is 1. The minimum Gasteiger partial charge on any atom is -0.370 e. The van der Waals surface area contributed by atoms with Gasteiger partial charge in [0.25, 0.3) is 5.91 Å². The minimum atomic E-state index is -0.356. The maximum Gasteiger partial charge on any atom is 0.256 e. The topological polar surface area (TPSA) is 63.1 Å². The Morgan fingerprint density at radius 3 is 2.96 bits per heavy atom. The van der Waals surface area contributed by atoms with Crippen molar-refractivity contribution < 1.29 is 19.2 Å². The Morgan fingerprint density at radius 1 is 1.32 bits per heavy atom. The molecule has 0 spiro atoms. The van der Waals surface area contributed by atoms with Gasteiger partial charge in [-0.1, -0.05) is 18.2 Å². The van der Waals surface area contributed by atoms with Crippen LogP contribution in [-0.2, 0) is 9.53 Å². The third-order valence-corrected chi connectivity index (χ3v) is 6.51. The SMILES string of the molecule is O=C(NCCC[NH+]1CCOCC1)[C@@H]1CS[C@H]2c3ccccc3C(=O)N12. The molecule has 0 aliphatic carbocycles. The van der Waals surface area contributed by atoms with Gasteiger partial charge in [-0.15, -0.1) is 11.8 Å². The molecule has 134 valence electrons. The molecular formula is C18H24N3O3S+. The van der Waals surface area contributed by atoms with E-state index in [1.165, 1.54) is 0 Å². The quantitative estimate of drug-likeness (QED) is 0.705. The van der Waals surface area contributed by atoms with Crippen LogP contribution in [0.15, 0.2) is 24.3 Å². The number of hydrogen-bond donors (Lipinski definition) is 2. The summed E-state index contributed by atoms with van der Waals surface area (Å²) in [5.74, 6) is 0.641. The van der Waals surface area contributed by atoms with Gasteiger partial charge in [-0.25, -0.2) is 0 Å². The highest BCUT2D eigenvalue weighted by Gasteiger charge is 2.48. The lowest BCUT2D eigenvalue weighted by atomic mass is 10.1. The van der Waals surface area contributed by atoms with E-state index in [1.807, 2.05) is 24.3 Å². The average molecular weight is 362 g/mol. The first-order chi connectivity index (χ1) is 12.3. The number of carbonyl (C=O) groups excluding carboxylic acids is 2. The summed E-state index contributed by atoms with van der Waals surface area (Å²) in [5.41, 5.74) is 1.79. The van der Waals surface area contributed by atoms with Crippen molar-refractivity contribution in [1.29, 1.82) is 0 Å². The Kier molecular flexibility index (Phi) is 4.96. The van der Waals surface area contributed by atoms with E-state index in [9.17, 15) is 9.59 Å². The van der Waals surface area contributed by atoms with E-state index in [0.29, 0.717) is 12.3 Å². The summed E-state index contributed by atoms with van der Waals surface area (Å²) in [6.45, 7) is 5.49. The van der Waals surface area contributed by atoms with Crippen molar-refractivity contribution in [2.45, 2.75) is 17.8 Å². The summed E-state index contributed by atoms with van der Waals surface area (Å²) in [6, 6.07) is 7.34. The van der Waals surface area contributed by atoms with Gasteiger partial charge < -0.3 is 19.9 Å². The van der Waals surface area contributed by atoms with Gasteiger partial charge in [-0.3, -0.25) is 9.59 Å². The molecule has 2 atom stereocenters. The fourth-order valence-electron chi connectivity index (χ4n) is 3.82. The van der Waals surface area contributed by atoms with Crippen molar-refractivity contribution >= 4 is 23.6 Å². The van der Waals surface area contributed by atoms with Crippen LogP contribution >= 0.6 is 11.8 Å². The van der Waals surface area contributed by atoms with Crippen LogP contribution in [0.1, 0.15) is 27.7 Å². The molecule has 0 aromatic heterocycles. The van der Waals surface area contributed by atoms with Gasteiger partial charge in [-0.2, -0.15) is 0 Å². The number of morpholine rings is 1. The monoisotopic (exact) mass is 362 g/mol. The molecule has 7 heteroatoms. The molecule has 1 aromatic rings. The van der Waals surface area contributed by atoms with Crippen LogP contribution in [0, 0.1) is 0 Å². The number of thioether (sulfide) groups is 1. The van der Waals surface area contributed by atoms with Gasteiger partial charge in [0.15, 0.2) is 0 Å². The predicted octanol–water partition coefficient (Wildman–Crippen LogP) is -0.322. The smallest absolute Gasteiger partial charge is 0.256 e. The minimum absolute atomic E-state index is 0.00255. The lowest BCUT2D eigenvalue weighted by molar-refractivity contribution is -0.908. The number of quaternary nitrogens is 1. The molecule has 6 nitrogen and oxygen atoms in total. The van der Waals surface area contributed by atoms with E-state index in [2.05, 4.69) is 5.32 Å². The Labute approximate surface area is 151 Å². The van der Waals surface area contributed by atoms with E-state index in [4.69, 9.17) is 4.74 Å². The molecule has 0 bridgehead atoms. The lowest BCUT2D eigenvalue weighted by Crippen LogP contribution is -3.14. The number of rotatable bonds is 5. The van der Waals surface area contributed by atoms with Gasteiger partial charge in [0, 0.05) is 24.3 Å². The molecule has 0 radical (unpaired) electrons. The molecule has 2 amide bonds. The molecule has 3 aliphatic heterocycles. The van der Waals surface area contributed by atoms with Gasteiger partial charge in [0.2, 0.25) is 5.91 Å². The average Bonchev–Trinajstić information content (AvgIpc) is 3.20. The Morgan fingerprint density at radius 2 is 2.12 bits per heavy atom. The molecule has 2 fully saturated rings. The number of hydrogen-bond acceptors (Lipinski definition) is 4. The van der Waals surface area contributed by atoms with E-state index >= 15 is 0 Å². The summed E-state index contributed by atoms with van der Waals surface area (Å²) >= 11 is 1.68. The second-order valence-corrected chi connectivity index (χ2v) is 7.87. The van der Waals surface area contributed by atoms with Crippen molar-refractivity contribution in [2.24, 2.45) is 0 Å². The molecule has 1 aromatic carbocycles. The highest BCUT2D eigenvalue weighted by Crippen LogP contribution is 2.47. The molecule has 2 N–H and O–H groups in total. The number of amides is 2. The van der Waals surface area contributed by atoms with Crippen LogP contribution < -0.4 is 10.2 Å². The standard InChI is InChI=1S/C18H23N3O3S/c22-16(19-6-3-7-20-8-10-24-11-9-20)15-12-25-18-14-5-2-1-4-13(14)17(23)21(15)18/h1-2,4-5,15,18H,3,6-12H2,(H,19,22)/p+1/t15-,18-/m0/s1. The second-order valence-electron chi connectivity index (χ2n) is 6.76. The molecule has 4 rings (SSSR count). The molecule has 3 aliphatic rings. The van der Waals surface area contributed by atoms with Crippen molar-refractivity contribution in [2.75, 3.05) is 45.1 Å². The van der Waals surface area contributed by atoms with Crippen molar-refractivity contribution in [1.82, 2.24) is 10.2 Å². The van der Waals surface area contributed by atoms with Crippen LogP contribution in [0.5, 0.6) is 0 Å². The molecule has 0 unspecified atom stereocenters. The van der Waals surface area contributed by atoms with E-state index in [0.717, 1.165) is 50.4 Å². The first-order valence-electron chi connectivity index (χ1n) is 8.98. The zero-order valence-corrected chi connectivity index (χ0v) is 15.0. The van der Waals surface area contributed by atoms with E-state index < -0.39 is 0 Å². The third kappa shape index (κ3) is 3.28. The van der Waals surface area contributed by atoms with Crippen LogP contribution in [0.25, 0.3) is 0 Å². The number of carbonyl (C=O) groups is 2. The summed E-state index contributed by atoms with van der Waals surface area (Å²) in [6.07, 6.45) is 0.957. The zero-order valence-electron chi connectivity index (χ0n) is 14.2. The number of benzene rings is 1. The maximum absolute atomic E-state index is 12.6. The van der Waals surface area contributed by atoms with Gasteiger partial charge >= 0.3 is 0 Å². The molecule has 2 saturated heterocycles. The molecule has 0 saturated carbocycles. The second kappa shape index (κ2) is 7.35. The maximum atomic E-state index is 12.6. The number of nitrogens with zero attached hydrogens (tertiary/aromatic N) is 1. The third-order valence-electron chi connectivity index (χ3n) is 5.20. The van der Waals surface area contributed by atoms with Gasteiger partial charge in [-0.05, 0) is 11.6 Å². The van der Waals surface area contributed by atoms with Gasteiger partial charge in [0.1, 0.15) is 24.5 Å². The normalized spacial score (nSPS) is 25.8. The highest BCUT2D eigenvalue weighted by molar-refractivity contribution is 7.99. The first-order valence-corrected chi connectivity index (χ1v) is 10.0. The first kappa shape index (κ1) is 16.9. The van der Waals surface area contributed by atoms with Crippen LogP contribution in [0.3, 0.4) is 0 Å². The Hall–Kier alpha value is -1.57. The van der Waals surface area contributed by atoms with Crippen LogP contribution in [-0.4, -0.2) is 67.9 Å². The largest absolute Gasteiger partial charge is 0.370 e. The highest BCUT2D eigenvalue weighted by atomic mass is 32.2.